The van der Waals surface area contributed by atoms with E-state index in [4.69, 9.17) is 16.7 Å². The Kier molecular flexibility index (Phi) is 6.46. The summed E-state index contributed by atoms with van der Waals surface area (Å²) in [4.78, 5) is 2.28. The predicted octanol–water partition coefficient (Wildman–Crippen LogP) is 2.93. The van der Waals surface area contributed by atoms with E-state index in [9.17, 15) is 0 Å². The number of rotatable bonds is 7. The van der Waals surface area contributed by atoms with E-state index in [0.717, 1.165) is 37.4 Å². The van der Waals surface area contributed by atoms with E-state index in [0.29, 0.717) is 6.61 Å². The third kappa shape index (κ3) is 5.50. The summed E-state index contributed by atoms with van der Waals surface area (Å²) in [5, 5.41) is 9.47. The van der Waals surface area contributed by atoms with Gasteiger partial charge < -0.3 is 10.0 Å². The minimum absolute atomic E-state index is 0.304. The van der Waals surface area contributed by atoms with Crippen LogP contribution in [0.25, 0.3) is 0 Å². The van der Waals surface area contributed by atoms with E-state index in [2.05, 4.69) is 18.0 Å². The van der Waals surface area contributed by atoms with Crippen LogP contribution in [-0.2, 0) is 6.54 Å². The fraction of sp³-hybridized carbons (Fsp3) is 0.538. The number of hydrogen-bond acceptors (Lipinski definition) is 2. The Morgan fingerprint density at radius 2 is 2.06 bits per heavy atom. The van der Waals surface area contributed by atoms with Crippen LogP contribution in [-0.4, -0.2) is 30.2 Å². The van der Waals surface area contributed by atoms with Gasteiger partial charge in [-0.25, -0.2) is 0 Å². The molecule has 0 bridgehead atoms. The van der Waals surface area contributed by atoms with Crippen LogP contribution >= 0.6 is 11.6 Å². The Balaban J connectivity index is 2.25. The molecule has 0 amide bonds. The zero-order valence-electron chi connectivity index (χ0n) is 9.82. The van der Waals surface area contributed by atoms with Gasteiger partial charge in [-0.3, -0.25) is 0 Å². The normalized spacial score (nSPS) is 11.0. The fourth-order valence-electron chi connectivity index (χ4n) is 1.70. The van der Waals surface area contributed by atoms with Gasteiger partial charge in [-0.2, -0.15) is 0 Å². The van der Waals surface area contributed by atoms with Gasteiger partial charge in [0.15, 0.2) is 0 Å². The summed E-state index contributed by atoms with van der Waals surface area (Å²) in [5.74, 6) is 0. The third-order valence-electron chi connectivity index (χ3n) is 2.54. The summed E-state index contributed by atoms with van der Waals surface area (Å²) >= 11 is 5.93. The van der Waals surface area contributed by atoms with Crippen LogP contribution in [0.15, 0.2) is 24.3 Å². The SMILES string of the molecule is CN(CCCCCO)Cc1cccc(Cl)c1. The monoisotopic (exact) mass is 241 g/mol. The summed E-state index contributed by atoms with van der Waals surface area (Å²) in [6.07, 6.45) is 3.14. The van der Waals surface area contributed by atoms with Crippen LogP contribution in [0.4, 0.5) is 0 Å². The molecule has 0 aromatic heterocycles. The molecule has 16 heavy (non-hydrogen) atoms. The maximum absolute atomic E-state index is 8.67. The molecule has 0 aliphatic carbocycles. The lowest BCUT2D eigenvalue weighted by molar-refractivity contribution is 0.271. The second kappa shape index (κ2) is 7.66. The number of unbranched alkanes of at least 4 members (excludes halogenated alkanes) is 2. The highest BCUT2D eigenvalue weighted by Gasteiger charge is 2.00. The number of benzene rings is 1. The second-order valence-electron chi connectivity index (χ2n) is 4.15. The lowest BCUT2D eigenvalue weighted by Gasteiger charge is -2.16. The molecule has 0 spiro atoms. The van der Waals surface area contributed by atoms with Gasteiger partial charge in [0.2, 0.25) is 0 Å². The number of aliphatic hydroxyl groups excluding tert-OH is 1. The Bertz CT molecular complexity index is 304. The van der Waals surface area contributed by atoms with E-state index >= 15 is 0 Å². The molecule has 0 aliphatic heterocycles. The second-order valence-corrected chi connectivity index (χ2v) is 4.59. The molecule has 1 rings (SSSR count). The van der Waals surface area contributed by atoms with Crippen LogP contribution < -0.4 is 0 Å². The molecule has 1 aromatic carbocycles. The fourth-order valence-corrected chi connectivity index (χ4v) is 1.91. The van der Waals surface area contributed by atoms with Gasteiger partial charge in [0, 0.05) is 18.2 Å². The number of hydrogen-bond donors (Lipinski definition) is 1. The van der Waals surface area contributed by atoms with Crippen LogP contribution in [0.3, 0.4) is 0 Å². The van der Waals surface area contributed by atoms with Crippen molar-refractivity contribution in [3.8, 4) is 0 Å². The van der Waals surface area contributed by atoms with Gasteiger partial charge in [0.1, 0.15) is 0 Å². The maximum atomic E-state index is 8.67. The lowest BCUT2D eigenvalue weighted by Crippen LogP contribution is -2.19. The molecule has 0 radical (unpaired) electrons. The molecule has 0 saturated heterocycles. The zero-order chi connectivity index (χ0) is 11.8. The summed E-state index contributed by atoms with van der Waals surface area (Å²) in [6, 6.07) is 7.98. The van der Waals surface area contributed by atoms with Crippen molar-refractivity contribution in [3.63, 3.8) is 0 Å². The van der Waals surface area contributed by atoms with E-state index in [1.54, 1.807) is 0 Å². The van der Waals surface area contributed by atoms with E-state index in [-0.39, 0.29) is 0 Å². The smallest absolute Gasteiger partial charge is 0.0431 e. The first-order valence-corrected chi connectivity index (χ1v) is 6.14. The lowest BCUT2D eigenvalue weighted by atomic mass is 10.2. The van der Waals surface area contributed by atoms with Crippen molar-refractivity contribution in [2.75, 3.05) is 20.2 Å². The van der Waals surface area contributed by atoms with Crippen molar-refractivity contribution >= 4 is 11.6 Å². The largest absolute Gasteiger partial charge is 0.396 e. The molecule has 0 aliphatic rings. The molecule has 1 aromatic rings. The summed E-state index contributed by atoms with van der Waals surface area (Å²) in [6.45, 7) is 2.30. The Hall–Kier alpha value is -0.570. The standard InChI is InChI=1S/C13H20ClNO/c1-15(8-3-2-4-9-16)11-12-6-5-7-13(14)10-12/h5-7,10,16H,2-4,8-9,11H2,1H3. The molecule has 2 nitrogen and oxygen atoms in total. The molecular weight excluding hydrogens is 222 g/mol. The molecule has 0 saturated carbocycles. The average Bonchev–Trinajstić information content (AvgIpc) is 2.24. The first kappa shape index (κ1) is 13.5. The van der Waals surface area contributed by atoms with Crippen LogP contribution in [0, 0.1) is 0 Å². The van der Waals surface area contributed by atoms with Crippen molar-refractivity contribution < 1.29 is 5.11 Å². The van der Waals surface area contributed by atoms with Gasteiger partial charge >= 0.3 is 0 Å². The third-order valence-corrected chi connectivity index (χ3v) is 2.77. The molecule has 0 unspecified atom stereocenters. The van der Waals surface area contributed by atoms with Gasteiger partial charge in [-0.15, -0.1) is 0 Å². The van der Waals surface area contributed by atoms with Crippen molar-refractivity contribution in [1.82, 2.24) is 4.90 Å². The van der Waals surface area contributed by atoms with Crippen LogP contribution in [0.5, 0.6) is 0 Å². The van der Waals surface area contributed by atoms with E-state index in [1.165, 1.54) is 5.56 Å². The first-order chi connectivity index (χ1) is 7.72. The molecule has 3 heteroatoms. The highest BCUT2D eigenvalue weighted by atomic mass is 35.5. The minimum Gasteiger partial charge on any atom is -0.396 e. The topological polar surface area (TPSA) is 23.5 Å². The van der Waals surface area contributed by atoms with Gasteiger partial charge in [0.05, 0.1) is 0 Å². The number of halogens is 1. The summed E-state index contributed by atoms with van der Waals surface area (Å²) in [5.41, 5.74) is 1.25. The van der Waals surface area contributed by atoms with E-state index < -0.39 is 0 Å². The molecule has 0 fully saturated rings. The van der Waals surface area contributed by atoms with Crippen LogP contribution in [0.1, 0.15) is 24.8 Å². The van der Waals surface area contributed by atoms with Gasteiger partial charge in [-0.1, -0.05) is 23.7 Å². The Morgan fingerprint density at radius 3 is 2.75 bits per heavy atom. The van der Waals surface area contributed by atoms with Crippen molar-refractivity contribution in [2.45, 2.75) is 25.8 Å². The van der Waals surface area contributed by atoms with Gasteiger partial charge in [-0.05, 0) is 50.6 Å². The highest BCUT2D eigenvalue weighted by Crippen LogP contribution is 2.12. The summed E-state index contributed by atoms with van der Waals surface area (Å²) < 4.78 is 0. The summed E-state index contributed by atoms with van der Waals surface area (Å²) in [7, 11) is 2.11. The van der Waals surface area contributed by atoms with Gasteiger partial charge in [0.25, 0.3) is 0 Å². The molecule has 0 atom stereocenters. The van der Waals surface area contributed by atoms with Crippen LogP contribution in [0.2, 0.25) is 5.02 Å². The predicted molar refractivity (Wildman–Crippen MR) is 68.7 cm³/mol. The molecule has 0 heterocycles. The highest BCUT2D eigenvalue weighted by molar-refractivity contribution is 6.30. The van der Waals surface area contributed by atoms with Crippen molar-refractivity contribution in [1.29, 1.82) is 0 Å². The average molecular weight is 242 g/mol. The zero-order valence-corrected chi connectivity index (χ0v) is 10.6. The molecule has 90 valence electrons. The quantitative estimate of drug-likeness (QED) is 0.742. The molecule has 1 N–H and O–H groups in total. The minimum atomic E-state index is 0.304. The van der Waals surface area contributed by atoms with Crippen molar-refractivity contribution in [3.05, 3.63) is 34.9 Å². The number of nitrogens with zero attached hydrogens (tertiary/aromatic N) is 1. The first-order valence-electron chi connectivity index (χ1n) is 5.76. The maximum Gasteiger partial charge on any atom is 0.0431 e. The number of aliphatic hydroxyl groups is 1. The van der Waals surface area contributed by atoms with Crippen molar-refractivity contribution in [2.24, 2.45) is 0 Å². The Labute approximate surface area is 103 Å². The van der Waals surface area contributed by atoms with E-state index in [1.807, 2.05) is 18.2 Å². The Morgan fingerprint density at radius 1 is 1.25 bits per heavy atom. The molecular formula is C13H20ClNO.